The van der Waals surface area contributed by atoms with Crippen molar-refractivity contribution < 1.29 is 26.3 Å². The van der Waals surface area contributed by atoms with Gasteiger partial charge in [-0.2, -0.15) is 26.3 Å². The van der Waals surface area contributed by atoms with Crippen LogP contribution in [0.4, 0.5) is 26.3 Å². The van der Waals surface area contributed by atoms with Crippen LogP contribution in [0.1, 0.15) is 51.4 Å². The summed E-state index contributed by atoms with van der Waals surface area (Å²) in [5.74, 6) is -2.63. The lowest BCUT2D eigenvalue weighted by molar-refractivity contribution is -0.186. The fraction of sp³-hybridized carbons (Fsp3) is 1.00. The van der Waals surface area contributed by atoms with Crippen LogP contribution in [0, 0.1) is 11.8 Å². The first-order valence-corrected chi connectivity index (χ1v) is 7.55. The highest BCUT2D eigenvalue weighted by atomic mass is 19.4. The molecular formula is C14H21F6N. The molecule has 0 aromatic rings. The van der Waals surface area contributed by atoms with Gasteiger partial charge in [-0.15, -0.1) is 0 Å². The third-order valence-corrected chi connectivity index (χ3v) is 4.75. The van der Waals surface area contributed by atoms with Crippen LogP contribution in [0.5, 0.6) is 0 Å². The van der Waals surface area contributed by atoms with E-state index in [9.17, 15) is 26.3 Å². The Labute approximate surface area is 120 Å². The maximum absolute atomic E-state index is 12.7. The molecule has 0 bridgehead atoms. The zero-order chi connectivity index (χ0) is 15.7. The van der Waals surface area contributed by atoms with E-state index in [1.54, 1.807) is 0 Å². The molecule has 0 aromatic heterocycles. The van der Waals surface area contributed by atoms with Gasteiger partial charge < -0.3 is 5.32 Å². The fourth-order valence-corrected chi connectivity index (χ4v) is 3.61. The molecule has 0 unspecified atom stereocenters. The monoisotopic (exact) mass is 317 g/mol. The molecular weight excluding hydrogens is 296 g/mol. The van der Waals surface area contributed by atoms with Gasteiger partial charge in [0.05, 0.1) is 11.8 Å². The van der Waals surface area contributed by atoms with Crippen LogP contribution < -0.4 is 5.32 Å². The molecule has 7 heteroatoms. The Kier molecular flexibility index (Phi) is 5.11. The number of hydrogen-bond acceptors (Lipinski definition) is 1. The van der Waals surface area contributed by atoms with Crippen molar-refractivity contribution >= 4 is 0 Å². The van der Waals surface area contributed by atoms with Gasteiger partial charge in [0.25, 0.3) is 0 Å². The van der Waals surface area contributed by atoms with E-state index in [1.807, 2.05) is 0 Å². The summed E-state index contributed by atoms with van der Waals surface area (Å²) in [5, 5.41) is 3.06. The summed E-state index contributed by atoms with van der Waals surface area (Å²) in [6, 6.07) is -0.607. The standard InChI is InChI=1S/C14H21F6N/c15-13(16,17)9-3-1-5-11(7-9)21-12-6-2-4-10(8-12)14(18,19)20/h9-12,21H,1-8H2/t9-,10-,11-,12+/m0/s1. The minimum atomic E-state index is -4.19. The molecule has 0 aliphatic heterocycles. The molecule has 0 radical (unpaired) electrons. The number of halogens is 6. The normalized spacial score (nSPS) is 35.7. The summed E-state index contributed by atoms with van der Waals surface area (Å²) in [6.45, 7) is 0. The quantitative estimate of drug-likeness (QED) is 0.720. The van der Waals surface area contributed by atoms with Crippen LogP contribution in [0.25, 0.3) is 0 Å². The van der Waals surface area contributed by atoms with Crippen molar-refractivity contribution in [1.29, 1.82) is 0 Å². The molecule has 0 spiro atoms. The van der Waals surface area contributed by atoms with E-state index in [0.29, 0.717) is 25.7 Å². The first-order valence-electron chi connectivity index (χ1n) is 7.55. The molecule has 0 heterocycles. The molecule has 2 aliphatic rings. The number of hydrogen-bond donors (Lipinski definition) is 1. The lowest BCUT2D eigenvalue weighted by Gasteiger charge is -2.37. The average Bonchev–Trinajstić information content (AvgIpc) is 2.37. The van der Waals surface area contributed by atoms with E-state index < -0.39 is 24.2 Å². The van der Waals surface area contributed by atoms with E-state index in [2.05, 4.69) is 5.32 Å². The summed E-state index contributed by atoms with van der Waals surface area (Å²) in [7, 11) is 0. The van der Waals surface area contributed by atoms with Crippen molar-refractivity contribution in [2.45, 2.75) is 75.8 Å². The Balaban J connectivity index is 1.86. The van der Waals surface area contributed by atoms with Crippen molar-refractivity contribution in [2.75, 3.05) is 0 Å². The summed E-state index contributed by atoms with van der Waals surface area (Å²) >= 11 is 0. The second-order valence-electron chi connectivity index (χ2n) is 6.37. The largest absolute Gasteiger partial charge is 0.391 e. The first kappa shape index (κ1) is 16.9. The van der Waals surface area contributed by atoms with Gasteiger partial charge in [-0.05, 0) is 38.5 Å². The van der Waals surface area contributed by atoms with Gasteiger partial charge in [0.2, 0.25) is 0 Å². The molecule has 1 nitrogen and oxygen atoms in total. The number of rotatable bonds is 2. The highest BCUT2D eigenvalue weighted by Crippen LogP contribution is 2.40. The Morgan fingerprint density at radius 1 is 0.619 bits per heavy atom. The van der Waals surface area contributed by atoms with Crippen molar-refractivity contribution in [2.24, 2.45) is 11.8 Å². The van der Waals surface area contributed by atoms with Crippen molar-refractivity contribution in [1.82, 2.24) is 5.32 Å². The molecule has 0 aromatic carbocycles. The van der Waals surface area contributed by atoms with Crippen molar-refractivity contribution in [3.63, 3.8) is 0 Å². The smallest absolute Gasteiger partial charge is 0.311 e. The van der Waals surface area contributed by atoms with Gasteiger partial charge >= 0.3 is 12.4 Å². The van der Waals surface area contributed by atoms with Crippen molar-refractivity contribution in [3.05, 3.63) is 0 Å². The van der Waals surface area contributed by atoms with Crippen molar-refractivity contribution in [3.8, 4) is 0 Å². The van der Waals surface area contributed by atoms with Crippen LogP contribution in [0.3, 0.4) is 0 Å². The summed E-state index contributed by atoms with van der Waals surface area (Å²) in [6.07, 6.45) is -5.90. The van der Waals surface area contributed by atoms with Crippen LogP contribution in [0.15, 0.2) is 0 Å². The Morgan fingerprint density at radius 3 is 1.33 bits per heavy atom. The Hall–Kier alpha value is -0.460. The summed E-state index contributed by atoms with van der Waals surface area (Å²) in [4.78, 5) is 0. The van der Waals surface area contributed by atoms with E-state index in [0.717, 1.165) is 0 Å². The molecule has 2 rings (SSSR count). The third kappa shape index (κ3) is 4.76. The van der Waals surface area contributed by atoms with Gasteiger partial charge in [-0.1, -0.05) is 12.8 Å². The zero-order valence-corrected chi connectivity index (χ0v) is 11.7. The molecule has 2 fully saturated rings. The lowest BCUT2D eigenvalue weighted by Crippen LogP contribution is -2.46. The van der Waals surface area contributed by atoms with Gasteiger partial charge in [0.1, 0.15) is 0 Å². The van der Waals surface area contributed by atoms with Gasteiger partial charge in [0, 0.05) is 12.1 Å². The highest BCUT2D eigenvalue weighted by Gasteiger charge is 2.44. The maximum Gasteiger partial charge on any atom is 0.391 e. The van der Waals surface area contributed by atoms with Crippen LogP contribution in [-0.2, 0) is 0 Å². The Morgan fingerprint density at radius 2 is 1.00 bits per heavy atom. The minimum Gasteiger partial charge on any atom is -0.311 e. The minimum absolute atomic E-state index is 0.00329. The summed E-state index contributed by atoms with van der Waals surface area (Å²) in [5.41, 5.74) is 0. The summed E-state index contributed by atoms with van der Waals surface area (Å²) < 4.78 is 76.4. The first-order chi connectivity index (χ1) is 9.66. The second-order valence-corrected chi connectivity index (χ2v) is 6.37. The van der Waals surface area contributed by atoms with Crippen LogP contribution in [0.2, 0.25) is 0 Å². The van der Waals surface area contributed by atoms with E-state index >= 15 is 0 Å². The van der Waals surface area contributed by atoms with Gasteiger partial charge in [-0.3, -0.25) is 0 Å². The molecule has 0 saturated heterocycles. The van der Waals surface area contributed by atoms with E-state index in [4.69, 9.17) is 0 Å². The molecule has 124 valence electrons. The predicted octanol–water partition coefficient (Wildman–Crippen LogP) is 4.82. The molecule has 2 aliphatic carbocycles. The average molecular weight is 317 g/mol. The third-order valence-electron chi connectivity index (χ3n) is 4.75. The SMILES string of the molecule is FC(F)(F)[C@H]1CCC[C@@H](N[C@H]2CCC[C@H](C(F)(F)F)C2)C1. The zero-order valence-electron chi connectivity index (χ0n) is 11.7. The predicted molar refractivity (Wildman–Crippen MR) is 66.7 cm³/mol. The molecule has 4 atom stereocenters. The fourth-order valence-electron chi connectivity index (χ4n) is 3.61. The molecule has 1 N–H and O–H groups in total. The van der Waals surface area contributed by atoms with Crippen LogP contribution in [-0.4, -0.2) is 24.4 Å². The van der Waals surface area contributed by atoms with E-state index in [-0.39, 0.29) is 37.8 Å². The van der Waals surface area contributed by atoms with Gasteiger partial charge in [-0.25, -0.2) is 0 Å². The maximum atomic E-state index is 12.7. The Bertz CT molecular complexity index is 305. The molecule has 0 amide bonds. The van der Waals surface area contributed by atoms with E-state index in [1.165, 1.54) is 0 Å². The molecule has 21 heavy (non-hydrogen) atoms. The lowest BCUT2D eigenvalue weighted by atomic mass is 9.82. The topological polar surface area (TPSA) is 12.0 Å². The highest BCUT2D eigenvalue weighted by molar-refractivity contribution is 4.87. The van der Waals surface area contributed by atoms with Crippen LogP contribution >= 0.6 is 0 Å². The molecule has 2 saturated carbocycles. The number of alkyl halides is 6. The second kappa shape index (κ2) is 6.34. The number of nitrogens with one attached hydrogen (secondary N) is 1. The van der Waals surface area contributed by atoms with Gasteiger partial charge in [0.15, 0.2) is 0 Å².